The van der Waals surface area contributed by atoms with Crippen LogP contribution in [0.2, 0.25) is 5.02 Å². The van der Waals surface area contributed by atoms with E-state index >= 15 is 0 Å². The summed E-state index contributed by atoms with van der Waals surface area (Å²) in [5, 5.41) is 10.4. The predicted molar refractivity (Wildman–Crippen MR) is 151 cm³/mol. The number of hydrogen-bond acceptors (Lipinski definition) is 5. The fourth-order valence-corrected chi connectivity index (χ4v) is 6.88. The Bertz CT molecular complexity index is 1750. The number of amides is 4. The smallest absolute Gasteiger partial charge is 0.250 e. The highest BCUT2D eigenvalue weighted by Gasteiger charge is 2.70. The molecule has 9 nitrogen and oxygen atoms in total. The van der Waals surface area contributed by atoms with E-state index in [1.165, 1.54) is 11.8 Å². The molecular formula is C30H24ClN5O4. The Morgan fingerprint density at radius 3 is 2.55 bits per heavy atom. The van der Waals surface area contributed by atoms with Crippen molar-refractivity contribution in [3.63, 3.8) is 0 Å². The van der Waals surface area contributed by atoms with Crippen LogP contribution >= 0.6 is 11.6 Å². The average molecular weight is 554 g/mol. The second-order valence-corrected chi connectivity index (χ2v) is 10.9. The zero-order valence-corrected chi connectivity index (χ0v) is 22.1. The van der Waals surface area contributed by atoms with Crippen LogP contribution in [0.5, 0.6) is 0 Å². The SMILES string of the molecule is CC(=O)Nc1ccc(N2C(=O)[C@H]3[C@@H](C2=O)[C@]2(N[C@@H]3Cc3c[nH]c4ccccc34)C(=O)Nc3c(Cl)cccc32)cc1. The molecule has 0 radical (unpaired) electrons. The molecule has 3 aliphatic heterocycles. The maximum atomic E-state index is 14.2. The summed E-state index contributed by atoms with van der Waals surface area (Å²) in [5.41, 5.74) is 2.42. The maximum Gasteiger partial charge on any atom is 0.250 e. The van der Waals surface area contributed by atoms with Crippen molar-refractivity contribution in [1.82, 2.24) is 10.3 Å². The van der Waals surface area contributed by atoms with Crippen LogP contribution in [-0.4, -0.2) is 34.7 Å². The van der Waals surface area contributed by atoms with Gasteiger partial charge in [0.15, 0.2) is 0 Å². The highest BCUT2D eigenvalue weighted by atomic mass is 35.5. The fourth-order valence-electron chi connectivity index (χ4n) is 6.66. The number of carbonyl (C=O) groups is 4. The summed E-state index contributed by atoms with van der Waals surface area (Å²) in [6.45, 7) is 1.40. The van der Waals surface area contributed by atoms with Crippen molar-refractivity contribution in [3.8, 4) is 0 Å². The van der Waals surface area contributed by atoms with E-state index < -0.39 is 35.2 Å². The topological polar surface area (TPSA) is 123 Å². The van der Waals surface area contributed by atoms with Crippen molar-refractivity contribution >= 4 is 63.2 Å². The number of fused-ring (bicyclic) bond motifs is 5. The molecule has 0 saturated carbocycles. The minimum absolute atomic E-state index is 0.228. The molecule has 1 aromatic heterocycles. The number of nitrogens with zero attached hydrogens (tertiary/aromatic N) is 1. The van der Waals surface area contributed by atoms with Crippen LogP contribution in [0, 0.1) is 11.8 Å². The molecule has 2 saturated heterocycles. The number of aromatic nitrogens is 1. The van der Waals surface area contributed by atoms with Gasteiger partial charge in [0.2, 0.25) is 23.6 Å². The van der Waals surface area contributed by atoms with Gasteiger partial charge in [0.1, 0.15) is 5.54 Å². The summed E-state index contributed by atoms with van der Waals surface area (Å²) in [6, 6.07) is 19.1. The van der Waals surface area contributed by atoms with Gasteiger partial charge in [-0.05, 0) is 48.4 Å². The molecule has 4 N–H and O–H groups in total. The summed E-state index contributed by atoms with van der Waals surface area (Å²) >= 11 is 6.46. The molecule has 10 heteroatoms. The quantitative estimate of drug-likeness (QED) is 0.285. The molecule has 3 aromatic carbocycles. The van der Waals surface area contributed by atoms with Gasteiger partial charge in [-0.1, -0.05) is 41.9 Å². The van der Waals surface area contributed by atoms with E-state index in [1.807, 2.05) is 30.5 Å². The van der Waals surface area contributed by atoms with Crippen LogP contribution < -0.4 is 20.9 Å². The third-order valence-electron chi connectivity index (χ3n) is 8.26. The van der Waals surface area contributed by atoms with Gasteiger partial charge in [0.05, 0.1) is 28.2 Å². The number of benzene rings is 3. The molecule has 4 amide bonds. The van der Waals surface area contributed by atoms with Crippen LogP contribution in [0.15, 0.2) is 72.9 Å². The second kappa shape index (κ2) is 8.77. The number of carbonyl (C=O) groups excluding carboxylic acids is 4. The molecule has 2 fully saturated rings. The molecule has 7 rings (SSSR count). The lowest BCUT2D eigenvalue weighted by Crippen LogP contribution is -2.53. The Morgan fingerprint density at radius 2 is 1.77 bits per heavy atom. The number of H-pyrrole nitrogens is 1. The van der Waals surface area contributed by atoms with Crippen molar-refractivity contribution in [1.29, 1.82) is 0 Å². The molecule has 40 heavy (non-hydrogen) atoms. The van der Waals surface area contributed by atoms with E-state index in [9.17, 15) is 19.2 Å². The van der Waals surface area contributed by atoms with Gasteiger partial charge >= 0.3 is 0 Å². The third kappa shape index (κ3) is 3.38. The maximum absolute atomic E-state index is 14.2. The Balaban J connectivity index is 1.34. The van der Waals surface area contributed by atoms with Crippen molar-refractivity contribution < 1.29 is 19.2 Å². The average Bonchev–Trinajstić information content (AvgIpc) is 3.64. The number of aromatic amines is 1. The van der Waals surface area contributed by atoms with Crippen LogP contribution in [-0.2, 0) is 31.1 Å². The second-order valence-electron chi connectivity index (χ2n) is 10.5. The van der Waals surface area contributed by atoms with Gasteiger partial charge in [-0.25, -0.2) is 4.90 Å². The number of halogens is 1. The molecular weight excluding hydrogens is 530 g/mol. The van der Waals surface area contributed by atoms with Crippen LogP contribution in [0.25, 0.3) is 10.9 Å². The van der Waals surface area contributed by atoms with Gasteiger partial charge in [-0.3, -0.25) is 24.5 Å². The summed E-state index contributed by atoms with van der Waals surface area (Å²) in [5.74, 6) is -3.25. The zero-order valence-electron chi connectivity index (χ0n) is 21.3. The number of hydrogen-bond donors (Lipinski definition) is 4. The molecule has 1 spiro atoms. The van der Waals surface area contributed by atoms with Gasteiger partial charge in [-0.2, -0.15) is 0 Å². The molecule has 0 bridgehead atoms. The van der Waals surface area contributed by atoms with Crippen LogP contribution in [0.1, 0.15) is 18.1 Å². The molecule has 4 atom stereocenters. The largest absolute Gasteiger partial charge is 0.361 e. The fraction of sp³-hybridized carbons (Fsp3) is 0.200. The standard InChI is InChI=1S/C30H24ClN5O4/c1-15(37)33-17-9-11-18(12-10-17)36-27(38)24-23(13-16-14-32-22-8-3-2-5-19(16)22)35-30(25(24)28(36)39)20-6-4-7-21(31)26(20)34-29(30)40/h2-12,14,23-25,32,35H,13H2,1H3,(H,33,37)(H,34,40)/t23-,24-,25+,30+/m1/s1. The first kappa shape index (κ1) is 24.6. The molecule has 200 valence electrons. The van der Waals surface area contributed by atoms with E-state index in [-0.39, 0.29) is 11.8 Å². The van der Waals surface area contributed by atoms with Crippen LogP contribution in [0.4, 0.5) is 17.1 Å². The minimum Gasteiger partial charge on any atom is -0.361 e. The third-order valence-corrected chi connectivity index (χ3v) is 8.57. The summed E-state index contributed by atoms with van der Waals surface area (Å²) in [4.78, 5) is 58.0. The van der Waals surface area contributed by atoms with E-state index in [4.69, 9.17) is 11.6 Å². The van der Waals surface area contributed by atoms with E-state index in [1.54, 1.807) is 42.5 Å². The number of nitrogens with one attached hydrogen (secondary N) is 4. The van der Waals surface area contributed by atoms with E-state index in [2.05, 4.69) is 20.9 Å². The zero-order chi connectivity index (χ0) is 27.8. The lowest BCUT2D eigenvalue weighted by molar-refractivity contribution is -0.130. The molecule has 0 aliphatic carbocycles. The molecule has 0 unspecified atom stereocenters. The van der Waals surface area contributed by atoms with E-state index in [0.717, 1.165) is 16.5 Å². The molecule has 4 aromatic rings. The Hall–Kier alpha value is -4.47. The van der Waals surface area contributed by atoms with Crippen molar-refractivity contribution in [2.24, 2.45) is 11.8 Å². The molecule has 4 heterocycles. The predicted octanol–water partition coefficient (Wildman–Crippen LogP) is 3.95. The summed E-state index contributed by atoms with van der Waals surface area (Å²) in [7, 11) is 0. The monoisotopic (exact) mass is 553 g/mol. The van der Waals surface area contributed by atoms with Gasteiger partial charge in [-0.15, -0.1) is 0 Å². The normalized spacial score (nSPS) is 25.0. The highest BCUT2D eigenvalue weighted by Crippen LogP contribution is 2.55. The number of rotatable bonds is 4. The first-order chi connectivity index (χ1) is 19.3. The molecule has 3 aliphatic rings. The first-order valence-electron chi connectivity index (χ1n) is 13.0. The summed E-state index contributed by atoms with van der Waals surface area (Å²) in [6.07, 6.45) is 2.33. The van der Waals surface area contributed by atoms with Crippen LogP contribution in [0.3, 0.4) is 0 Å². The number of anilines is 3. The summed E-state index contributed by atoms with van der Waals surface area (Å²) < 4.78 is 0. The van der Waals surface area contributed by atoms with Crippen molar-refractivity contribution in [2.45, 2.75) is 24.9 Å². The van der Waals surface area contributed by atoms with Gasteiger partial charge in [0.25, 0.3) is 0 Å². The Kier molecular flexibility index (Phi) is 5.39. The lowest BCUT2D eigenvalue weighted by Gasteiger charge is -2.29. The lowest BCUT2D eigenvalue weighted by atomic mass is 9.76. The van der Waals surface area contributed by atoms with Crippen molar-refractivity contribution in [3.05, 3.63) is 89.1 Å². The van der Waals surface area contributed by atoms with Gasteiger partial charge < -0.3 is 15.6 Å². The Morgan fingerprint density at radius 1 is 1.00 bits per heavy atom. The van der Waals surface area contributed by atoms with Crippen molar-refractivity contribution in [2.75, 3.05) is 15.5 Å². The number of imide groups is 1. The number of para-hydroxylation sites is 2. The van der Waals surface area contributed by atoms with Gasteiger partial charge in [0, 0.05) is 41.3 Å². The first-order valence-corrected chi connectivity index (χ1v) is 13.4. The Labute approximate surface area is 233 Å². The highest BCUT2D eigenvalue weighted by molar-refractivity contribution is 6.35. The van der Waals surface area contributed by atoms with E-state index in [0.29, 0.717) is 34.1 Å². The minimum atomic E-state index is -1.46.